The molecule has 0 saturated carbocycles. The number of aromatic nitrogens is 1. The van der Waals surface area contributed by atoms with Crippen LogP contribution in [0.4, 0.5) is 0 Å². The average Bonchev–Trinajstić information content (AvgIpc) is 2.49. The van der Waals surface area contributed by atoms with Crippen molar-refractivity contribution in [2.45, 2.75) is 38.3 Å². The number of nitrogens with zero attached hydrogens (tertiary/aromatic N) is 3. The van der Waals surface area contributed by atoms with Crippen molar-refractivity contribution in [1.29, 1.82) is 0 Å². The fraction of sp³-hybridized carbons (Fsp3) is 0.706. The number of nitrogens with one attached hydrogen (secondary N) is 1. The topological polar surface area (TPSA) is 31.4 Å². The molecule has 4 heteroatoms. The highest BCUT2D eigenvalue weighted by atomic mass is 15.3. The van der Waals surface area contributed by atoms with Crippen molar-refractivity contribution in [2.24, 2.45) is 0 Å². The van der Waals surface area contributed by atoms with Crippen molar-refractivity contribution in [3.63, 3.8) is 0 Å². The molecular weight excluding hydrogens is 260 g/mol. The van der Waals surface area contributed by atoms with E-state index in [4.69, 9.17) is 0 Å². The molecule has 2 heterocycles. The first-order valence-corrected chi connectivity index (χ1v) is 8.20. The van der Waals surface area contributed by atoms with Crippen LogP contribution in [0.2, 0.25) is 0 Å². The number of piperazine rings is 1. The third-order valence-electron chi connectivity index (χ3n) is 4.45. The van der Waals surface area contributed by atoms with Gasteiger partial charge in [0.05, 0.1) is 0 Å². The van der Waals surface area contributed by atoms with Gasteiger partial charge in [0.25, 0.3) is 0 Å². The molecule has 1 aliphatic rings. The van der Waals surface area contributed by atoms with Crippen molar-refractivity contribution in [1.82, 2.24) is 20.1 Å². The summed E-state index contributed by atoms with van der Waals surface area (Å²) >= 11 is 0. The van der Waals surface area contributed by atoms with Crippen LogP contribution in [0.15, 0.2) is 24.5 Å². The molecule has 1 aliphatic heterocycles. The van der Waals surface area contributed by atoms with Crippen LogP contribution in [0, 0.1) is 0 Å². The highest BCUT2D eigenvalue weighted by Gasteiger charge is 2.25. The van der Waals surface area contributed by atoms with Gasteiger partial charge in [0.2, 0.25) is 0 Å². The minimum Gasteiger partial charge on any atom is -0.314 e. The molecule has 0 bridgehead atoms. The fourth-order valence-electron chi connectivity index (χ4n) is 3.08. The first kappa shape index (κ1) is 16.4. The maximum absolute atomic E-state index is 4.12. The van der Waals surface area contributed by atoms with E-state index in [1.165, 1.54) is 38.0 Å². The maximum Gasteiger partial charge on any atom is 0.0270 e. The minimum absolute atomic E-state index is 0.548. The molecule has 118 valence electrons. The van der Waals surface area contributed by atoms with E-state index >= 15 is 0 Å². The van der Waals surface area contributed by atoms with Crippen LogP contribution >= 0.6 is 0 Å². The van der Waals surface area contributed by atoms with E-state index in [0.717, 1.165) is 13.0 Å². The molecule has 21 heavy (non-hydrogen) atoms. The summed E-state index contributed by atoms with van der Waals surface area (Å²) in [6.45, 7) is 6.87. The molecule has 2 atom stereocenters. The maximum atomic E-state index is 4.12. The molecule has 0 aliphatic carbocycles. The van der Waals surface area contributed by atoms with Crippen molar-refractivity contribution < 1.29 is 0 Å². The molecule has 0 spiro atoms. The number of hydrogen-bond acceptors (Lipinski definition) is 4. The van der Waals surface area contributed by atoms with Gasteiger partial charge in [-0.3, -0.25) is 4.98 Å². The van der Waals surface area contributed by atoms with Gasteiger partial charge in [0, 0.05) is 44.1 Å². The number of pyridine rings is 1. The van der Waals surface area contributed by atoms with Gasteiger partial charge in [0.1, 0.15) is 0 Å². The molecule has 0 amide bonds. The van der Waals surface area contributed by atoms with Crippen molar-refractivity contribution in [3.05, 3.63) is 30.1 Å². The Morgan fingerprint density at radius 2 is 2.05 bits per heavy atom. The lowest BCUT2D eigenvalue weighted by atomic mass is 9.97. The van der Waals surface area contributed by atoms with Crippen LogP contribution in [-0.4, -0.2) is 67.1 Å². The van der Waals surface area contributed by atoms with E-state index in [-0.39, 0.29) is 0 Å². The molecule has 2 rings (SSSR count). The Kier molecular flexibility index (Phi) is 6.61. The normalized spacial score (nSPS) is 22.3. The fourth-order valence-corrected chi connectivity index (χ4v) is 3.08. The Morgan fingerprint density at radius 1 is 1.29 bits per heavy atom. The molecular formula is C17H30N4. The largest absolute Gasteiger partial charge is 0.314 e. The summed E-state index contributed by atoms with van der Waals surface area (Å²) in [7, 11) is 4.50. The average molecular weight is 290 g/mol. The zero-order valence-electron chi connectivity index (χ0n) is 13.8. The SMILES string of the molecule is CCCNC(Cc1ccncc1)CC1CN(C)CCN1C. The van der Waals surface area contributed by atoms with Crippen LogP contribution in [0.25, 0.3) is 0 Å². The van der Waals surface area contributed by atoms with Gasteiger partial charge in [-0.25, -0.2) is 0 Å². The zero-order chi connectivity index (χ0) is 15.1. The van der Waals surface area contributed by atoms with Crippen LogP contribution < -0.4 is 5.32 Å². The van der Waals surface area contributed by atoms with Crippen LogP contribution in [0.5, 0.6) is 0 Å². The first-order chi connectivity index (χ1) is 10.2. The highest BCUT2D eigenvalue weighted by Crippen LogP contribution is 2.14. The summed E-state index contributed by atoms with van der Waals surface area (Å²) in [6.07, 6.45) is 7.28. The van der Waals surface area contributed by atoms with Gasteiger partial charge < -0.3 is 15.1 Å². The van der Waals surface area contributed by atoms with Crippen LogP contribution in [0.1, 0.15) is 25.3 Å². The Balaban J connectivity index is 1.95. The first-order valence-electron chi connectivity index (χ1n) is 8.20. The molecule has 0 radical (unpaired) electrons. The number of hydrogen-bond donors (Lipinski definition) is 1. The summed E-state index contributed by atoms with van der Waals surface area (Å²) < 4.78 is 0. The van der Waals surface area contributed by atoms with Crippen molar-refractivity contribution in [2.75, 3.05) is 40.3 Å². The zero-order valence-corrected chi connectivity index (χ0v) is 13.8. The summed E-state index contributed by atoms with van der Waals surface area (Å²) in [6, 6.07) is 5.47. The molecule has 1 N–H and O–H groups in total. The van der Waals surface area contributed by atoms with Gasteiger partial charge >= 0.3 is 0 Å². The minimum atomic E-state index is 0.548. The Morgan fingerprint density at radius 3 is 2.76 bits per heavy atom. The van der Waals surface area contributed by atoms with E-state index in [2.05, 4.69) is 53.3 Å². The standard InChI is InChI=1S/C17H30N4/c1-4-7-19-16(12-15-5-8-18-9-6-15)13-17-14-20(2)10-11-21(17)3/h5-6,8-9,16-17,19H,4,7,10-14H2,1-3H3. The monoisotopic (exact) mass is 290 g/mol. The van der Waals surface area contributed by atoms with E-state index in [9.17, 15) is 0 Å². The second kappa shape index (κ2) is 8.47. The Hall–Kier alpha value is -0.970. The van der Waals surface area contributed by atoms with Gasteiger partial charge in [-0.1, -0.05) is 6.92 Å². The van der Waals surface area contributed by atoms with Gasteiger partial charge in [0.15, 0.2) is 0 Å². The van der Waals surface area contributed by atoms with Crippen molar-refractivity contribution in [3.8, 4) is 0 Å². The molecule has 1 aromatic heterocycles. The van der Waals surface area contributed by atoms with Gasteiger partial charge in [-0.2, -0.15) is 0 Å². The molecule has 1 aromatic rings. The molecule has 2 unspecified atom stereocenters. The molecule has 4 nitrogen and oxygen atoms in total. The molecule has 1 saturated heterocycles. The summed E-state index contributed by atoms with van der Waals surface area (Å²) in [5, 5.41) is 3.73. The predicted octanol–water partition coefficient (Wildman–Crippen LogP) is 1.63. The quantitative estimate of drug-likeness (QED) is 0.827. The van der Waals surface area contributed by atoms with E-state index in [1.54, 1.807) is 0 Å². The summed E-state index contributed by atoms with van der Waals surface area (Å²) in [5.41, 5.74) is 1.38. The van der Waals surface area contributed by atoms with E-state index in [1.807, 2.05) is 12.4 Å². The number of rotatable bonds is 7. The van der Waals surface area contributed by atoms with Gasteiger partial charge in [-0.05, 0) is 57.6 Å². The summed E-state index contributed by atoms with van der Waals surface area (Å²) in [4.78, 5) is 9.09. The smallest absolute Gasteiger partial charge is 0.0270 e. The Bertz CT molecular complexity index is 395. The molecule has 1 fully saturated rings. The lowest BCUT2D eigenvalue weighted by Crippen LogP contribution is -2.52. The van der Waals surface area contributed by atoms with Crippen molar-refractivity contribution >= 4 is 0 Å². The van der Waals surface area contributed by atoms with E-state index < -0.39 is 0 Å². The summed E-state index contributed by atoms with van der Waals surface area (Å²) in [5.74, 6) is 0. The van der Waals surface area contributed by atoms with Gasteiger partial charge in [-0.15, -0.1) is 0 Å². The third kappa shape index (κ3) is 5.38. The second-order valence-corrected chi connectivity index (χ2v) is 6.34. The number of likely N-dealkylation sites (N-methyl/N-ethyl adjacent to an activating group) is 2. The molecule has 0 aromatic carbocycles. The van der Waals surface area contributed by atoms with Crippen LogP contribution in [-0.2, 0) is 6.42 Å². The second-order valence-electron chi connectivity index (χ2n) is 6.34. The third-order valence-corrected chi connectivity index (χ3v) is 4.45. The lowest BCUT2D eigenvalue weighted by Gasteiger charge is -2.39. The van der Waals surface area contributed by atoms with Crippen LogP contribution in [0.3, 0.4) is 0 Å². The lowest BCUT2D eigenvalue weighted by molar-refractivity contribution is 0.101. The van der Waals surface area contributed by atoms with E-state index in [0.29, 0.717) is 12.1 Å². The highest BCUT2D eigenvalue weighted by molar-refractivity contribution is 5.11. The Labute approximate surface area is 129 Å². The predicted molar refractivity (Wildman–Crippen MR) is 88.6 cm³/mol.